The summed E-state index contributed by atoms with van der Waals surface area (Å²) in [5.74, 6) is -2.62. The summed E-state index contributed by atoms with van der Waals surface area (Å²) in [5, 5.41) is 15.4. The number of rotatable bonds is 2. The maximum absolute atomic E-state index is 9.43. The van der Waals surface area contributed by atoms with Crippen LogP contribution in [-0.4, -0.2) is 22.2 Å². The van der Waals surface area contributed by atoms with Gasteiger partial charge in [-0.05, 0) is 0 Å². The number of aliphatic carboxylic acids is 2. The van der Waals surface area contributed by atoms with Crippen LogP contribution in [0.1, 0.15) is 6.42 Å². The van der Waals surface area contributed by atoms with Crippen molar-refractivity contribution in [1.29, 1.82) is 0 Å². The molecule has 0 saturated carbocycles. The maximum Gasteiger partial charge on any atom is 0.314 e. The minimum Gasteiger partial charge on any atom is -0.481 e. The van der Waals surface area contributed by atoms with Crippen LogP contribution < -0.4 is 0 Å². The maximum atomic E-state index is 9.43. The molecule has 0 spiro atoms. The molecule has 56 valence electrons. The van der Waals surface area contributed by atoms with Crippen molar-refractivity contribution in [3.63, 3.8) is 0 Å². The van der Waals surface area contributed by atoms with E-state index in [2.05, 4.69) is 0 Å². The molecule has 9 heavy (non-hydrogen) atoms. The summed E-state index contributed by atoms with van der Waals surface area (Å²) in [7, 11) is 0. The van der Waals surface area contributed by atoms with Gasteiger partial charge in [0.05, 0.1) is 0 Å². The largest absolute Gasteiger partial charge is 0.481 e. The van der Waals surface area contributed by atoms with Gasteiger partial charge in [0, 0.05) is 0 Å². The van der Waals surface area contributed by atoms with Gasteiger partial charge in [-0.15, -0.1) is 34.0 Å². The summed E-state index contributed by atoms with van der Waals surface area (Å²) in [6.07, 6.45) is -0.806. The first-order valence-corrected chi connectivity index (χ1v) is 1.56. The lowest BCUT2D eigenvalue weighted by molar-refractivity contribution is -0.147. The Kier molecular flexibility index (Phi) is 14.0. The summed E-state index contributed by atoms with van der Waals surface area (Å²) in [6.45, 7) is 0. The van der Waals surface area contributed by atoms with Crippen LogP contribution in [0.4, 0.5) is 0 Å². The number of hydrogen-bond acceptors (Lipinski definition) is 2. The normalized spacial score (nSPS) is 6.22. The molecule has 0 amide bonds. The molecule has 0 bridgehead atoms. The lowest BCUT2D eigenvalue weighted by Gasteiger charge is -1.80. The summed E-state index contributed by atoms with van der Waals surface area (Å²) in [5.41, 5.74) is 0. The van der Waals surface area contributed by atoms with E-state index in [1.165, 1.54) is 0 Å². The SMILES string of the molecule is Br.Br.O=C(O)CC(=O)O. The average molecular weight is 266 g/mol. The zero-order valence-electron chi connectivity index (χ0n) is 4.23. The van der Waals surface area contributed by atoms with E-state index in [1.54, 1.807) is 0 Å². The van der Waals surface area contributed by atoms with E-state index in [9.17, 15) is 9.59 Å². The van der Waals surface area contributed by atoms with Crippen molar-refractivity contribution in [2.24, 2.45) is 0 Å². The molecule has 4 nitrogen and oxygen atoms in total. The van der Waals surface area contributed by atoms with Crippen LogP contribution in [0.2, 0.25) is 0 Å². The quantitative estimate of drug-likeness (QED) is 0.721. The summed E-state index contributed by atoms with van der Waals surface area (Å²) in [6, 6.07) is 0. The third kappa shape index (κ3) is 18.1. The second-order valence-corrected chi connectivity index (χ2v) is 0.964. The lowest BCUT2D eigenvalue weighted by Crippen LogP contribution is -2.03. The first kappa shape index (κ1) is 16.0. The highest BCUT2D eigenvalue weighted by atomic mass is 79.9. The van der Waals surface area contributed by atoms with Gasteiger partial charge in [-0.3, -0.25) is 9.59 Å². The van der Waals surface area contributed by atoms with Crippen molar-refractivity contribution in [2.45, 2.75) is 6.42 Å². The molecule has 6 heteroatoms. The smallest absolute Gasteiger partial charge is 0.314 e. The molecule has 0 fully saturated rings. The molecule has 0 radical (unpaired) electrons. The van der Waals surface area contributed by atoms with Gasteiger partial charge in [-0.25, -0.2) is 0 Å². The molecule has 0 rings (SSSR count). The highest BCUT2D eigenvalue weighted by molar-refractivity contribution is 8.93. The molecule has 0 atom stereocenters. The molecule has 0 heterocycles. The summed E-state index contributed by atoms with van der Waals surface area (Å²) < 4.78 is 0. The van der Waals surface area contributed by atoms with Gasteiger partial charge in [0.2, 0.25) is 0 Å². The van der Waals surface area contributed by atoms with Crippen LogP contribution in [0, 0.1) is 0 Å². The van der Waals surface area contributed by atoms with Crippen molar-refractivity contribution in [1.82, 2.24) is 0 Å². The predicted octanol–water partition coefficient (Wildman–Crippen LogP) is 0.701. The zero-order valence-corrected chi connectivity index (χ0v) is 7.66. The third-order valence-electron chi connectivity index (χ3n) is 0.302. The summed E-state index contributed by atoms with van der Waals surface area (Å²) in [4.78, 5) is 18.9. The summed E-state index contributed by atoms with van der Waals surface area (Å²) >= 11 is 0. The Morgan fingerprint density at radius 1 is 1.00 bits per heavy atom. The first-order chi connectivity index (χ1) is 3.13. The number of halogens is 2. The van der Waals surface area contributed by atoms with E-state index < -0.39 is 18.4 Å². The first-order valence-electron chi connectivity index (χ1n) is 1.56. The molecule has 0 aliphatic carbocycles. The van der Waals surface area contributed by atoms with Gasteiger partial charge < -0.3 is 10.2 Å². The van der Waals surface area contributed by atoms with Gasteiger partial charge in [-0.1, -0.05) is 0 Å². The zero-order chi connectivity index (χ0) is 5.86. The Labute approximate surface area is 72.4 Å². The third-order valence-corrected chi connectivity index (χ3v) is 0.302. The molecule has 0 aliphatic heterocycles. The van der Waals surface area contributed by atoms with Crippen molar-refractivity contribution in [3.8, 4) is 0 Å². The van der Waals surface area contributed by atoms with Crippen molar-refractivity contribution < 1.29 is 19.8 Å². The molecule has 0 unspecified atom stereocenters. The Morgan fingerprint density at radius 2 is 1.22 bits per heavy atom. The fourth-order valence-corrected chi connectivity index (χ4v) is 0.129. The van der Waals surface area contributed by atoms with Crippen molar-refractivity contribution in [2.75, 3.05) is 0 Å². The molecule has 0 aromatic rings. The van der Waals surface area contributed by atoms with Crippen LogP contribution in [0.25, 0.3) is 0 Å². The van der Waals surface area contributed by atoms with Crippen LogP contribution in [0.3, 0.4) is 0 Å². The molecular formula is C3H6Br2O4. The van der Waals surface area contributed by atoms with Gasteiger partial charge in [0.1, 0.15) is 6.42 Å². The fourth-order valence-electron chi connectivity index (χ4n) is 0.129. The topological polar surface area (TPSA) is 74.6 Å². The Bertz CT molecular complexity index is 90.0. The van der Waals surface area contributed by atoms with Gasteiger partial charge >= 0.3 is 11.9 Å². The van der Waals surface area contributed by atoms with Crippen LogP contribution in [0.15, 0.2) is 0 Å². The van der Waals surface area contributed by atoms with Crippen LogP contribution in [0.5, 0.6) is 0 Å². The van der Waals surface area contributed by atoms with E-state index in [1.807, 2.05) is 0 Å². The number of carboxylic acid groups (broad SMARTS) is 2. The van der Waals surface area contributed by atoms with E-state index in [0.717, 1.165) is 0 Å². The van der Waals surface area contributed by atoms with E-state index in [0.29, 0.717) is 0 Å². The minimum absolute atomic E-state index is 0. The minimum atomic E-state index is -1.31. The van der Waals surface area contributed by atoms with Gasteiger partial charge in [0.25, 0.3) is 0 Å². The number of hydrogen-bond donors (Lipinski definition) is 2. The van der Waals surface area contributed by atoms with E-state index in [-0.39, 0.29) is 34.0 Å². The molecule has 0 saturated heterocycles. The molecule has 0 aromatic heterocycles. The van der Waals surface area contributed by atoms with Crippen LogP contribution >= 0.6 is 34.0 Å². The highest BCUT2D eigenvalue weighted by Crippen LogP contribution is 1.74. The molecule has 2 N–H and O–H groups in total. The lowest BCUT2D eigenvalue weighted by atomic mass is 10.5. The van der Waals surface area contributed by atoms with E-state index in [4.69, 9.17) is 10.2 Å². The highest BCUT2D eigenvalue weighted by Gasteiger charge is 2.01. The van der Waals surface area contributed by atoms with Crippen LogP contribution in [-0.2, 0) is 9.59 Å². The molecule has 0 aliphatic rings. The fraction of sp³-hybridized carbons (Fsp3) is 0.333. The Morgan fingerprint density at radius 3 is 1.22 bits per heavy atom. The second-order valence-electron chi connectivity index (χ2n) is 0.964. The number of carboxylic acids is 2. The average Bonchev–Trinajstić information content (AvgIpc) is 1.27. The van der Waals surface area contributed by atoms with E-state index >= 15 is 0 Å². The number of carbonyl (C=O) groups is 2. The second kappa shape index (κ2) is 7.90. The van der Waals surface area contributed by atoms with Gasteiger partial charge in [-0.2, -0.15) is 0 Å². The van der Waals surface area contributed by atoms with Gasteiger partial charge in [0.15, 0.2) is 0 Å². The monoisotopic (exact) mass is 264 g/mol. The molecular weight excluding hydrogens is 260 g/mol. The standard InChI is InChI=1S/C3H4O4.2BrH/c4-2(5)1-3(6)7;;/h1H2,(H,4,5)(H,6,7);2*1H. The van der Waals surface area contributed by atoms with Crippen molar-refractivity contribution in [3.05, 3.63) is 0 Å². The Balaban J connectivity index is -0.000000180. The van der Waals surface area contributed by atoms with Crippen molar-refractivity contribution >= 4 is 45.9 Å². The Hall–Kier alpha value is -0.100. The predicted molar refractivity (Wildman–Crippen MR) is 40.5 cm³/mol. The molecule has 0 aromatic carbocycles.